The molecule has 24 heavy (non-hydrogen) atoms. The Bertz CT molecular complexity index is 623. The molecule has 0 aliphatic heterocycles. The fraction of sp³-hybridized carbons (Fsp3) is 0.533. The summed E-state index contributed by atoms with van der Waals surface area (Å²) in [7, 11) is -0.259. The first kappa shape index (κ1) is 22.6. The molecule has 0 spiro atoms. The van der Waals surface area contributed by atoms with Gasteiger partial charge in [-0.3, -0.25) is 4.79 Å². The Morgan fingerprint density at radius 2 is 1.96 bits per heavy atom. The van der Waals surface area contributed by atoms with Crippen molar-refractivity contribution in [2.24, 2.45) is 0 Å². The van der Waals surface area contributed by atoms with Crippen molar-refractivity contribution in [1.82, 2.24) is 15.4 Å². The van der Waals surface area contributed by atoms with E-state index >= 15 is 0 Å². The topological polar surface area (TPSA) is 96.5 Å². The van der Waals surface area contributed by atoms with Gasteiger partial charge in [-0.25, -0.2) is 13.1 Å². The van der Waals surface area contributed by atoms with Crippen LogP contribution in [-0.2, 0) is 21.4 Å². The van der Waals surface area contributed by atoms with Gasteiger partial charge in [0.15, 0.2) is 0 Å². The molecule has 7 nitrogen and oxygen atoms in total. The Balaban J connectivity index is 0.00000529. The Morgan fingerprint density at radius 3 is 2.54 bits per heavy atom. The van der Waals surface area contributed by atoms with Crippen LogP contribution in [0.15, 0.2) is 23.1 Å². The van der Waals surface area contributed by atoms with Gasteiger partial charge in [0.2, 0.25) is 15.9 Å². The van der Waals surface area contributed by atoms with Crippen molar-refractivity contribution in [3.63, 3.8) is 0 Å². The van der Waals surface area contributed by atoms with Gasteiger partial charge in [-0.15, -0.1) is 12.4 Å². The zero-order valence-electron chi connectivity index (χ0n) is 14.2. The van der Waals surface area contributed by atoms with E-state index in [1.807, 2.05) is 7.05 Å². The number of benzene rings is 1. The second kappa shape index (κ2) is 11.2. The van der Waals surface area contributed by atoms with Crippen molar-refractivity contribution >= 4 is 28.3 Å². The van der Waals surface area contributed by atoms with Crippen molar-refractivity contribution in [1.29, 1.82) is 0 Å². The maximum Gasteiger partial charge on any atom is 0.240 e. The molecule has 1 aromatic rings. The van der Waals surface area contributed by atoms with Crippen LogP contribution < -0.4 is 20.1 Å². The Kier molecular flexibility index (Phi) is 10.6. The quantitative estimate of drug-likeness (QED) is 0.528. The molecule has 0 saturated heterocycles. The molecule has 9 heteroatoms. The zero-order chi connectivity index (χ0) is 17.3. The van der Waals surface area contributed by atoms with E-state index in [1.54, 1.807) is 13.0 Å². The highest BCUT2D eigenvalue weighted by Crippen LogP contribution is 2.22. The summed E-state index contributed by atoms with van der Waals surface area (Å²) in [6, 6.07) is 4.61. The minimum absolute atomic E-state index is 0. The SMILES string of the molecule is CCC(=O)NCc1cc(S(=O)(=O)NCCCNC)ccc1OC.Cl. The molecule has 1 aromatic carbocycles. The molecule has 1 amide bonds. The van der Waals surface area contributed by atoms with Gasteiger partial charge in [0, 0.05) is 25.1 Å². The minimum atomic E-state index is -3.58. The molecule has 0 aliphatic carbocycles. The van der Waals surface area contributed by atoms with Crippen LogP contribution in [0.1, 0.15) is 25.3 Å². The molecule has 0 fully saturated rings. The third-order valence-electron chi connectivity index (χ3n) is 3.25. The Morgan fingerprint density at radius 1 is 1.25 bits per heavy atom. The fourth-order valence-electron chi connectivity index (χ4n) is 1.93. The molecule has 1 rings (SSSR count). The number of hydrogen-bond acceptors (Lipinski definition) is 5. The van der Waals surface area contributed by atoms with Crippen molar-refractivity contribution in [3.8, 4) is 5.75 Å². The zero-order valence-corrected chi connectivity index (χ0v) is 15.9. The van der Waals surface area contributed by atoms with Crippen LogP contribution in [0.25, 0.3) is 0 Å². The highest BCUT2D eigenvalue weighted by atomic mass is 35.5. The van der Waals surface area contributed by atoms with Crippen LogP contribution in [0.3, 0.4) is 0 Å². The Labute approximate surface area is 150 Å². The van der Waals surface area contributed by atoms with Crippen LogP contribution in [0.5, 0.6) is 5.75 Å². The van der Waals surface area contributed by atoms with E-state index in [-0.39, 0.29) is 29.8 Å². The summed E-state index contributed by atoms with van der Waals surface area (Å²) in [6.07, 6.45) is 1.07. The predicted octanol–water partition coefficient (Wildman–Crippen LogP) is 1.03. The molecule has 138 valence electrons. The van der Waals surface area contributed by atoms with Crippen molar-refractivity contribution in [3.05, 3.63) is 23.8 Å². The molecule has 0 bridgehead atoms. The molecular formula is C15H26ClN3O4S. The molecule has 0 unspecified atom stereocenters. The van der Waals surface area contributed by atoms with Crippen molar-refractivity contribution in [2.75, 3.05) is 27.2 Å². The highest BCUT2D eigenvalue weighted by molar-refractivity contribution is 7.89. The van der Waals surface area contributed by atoms with Crippen LogP contribution in [-0.4, -0.2) is 41.6 Å². The lowest BCUT2D eigenvalue weighted by atomic mass is 10.2. The fourth-order valence-corrected chi connectivity index (χ4v) is 3.06. The van der Waals surface area contributed by atoms with E-state index in [1.165, 1.54) is 19.2 Å². The molecule has 0 atom stereocenters. The van der Waals surface area contributed by atoms with Gasteiger partial charge in [-0.2, -0.15) is 0 Å². The van der Waals surface area contributed by atoms with E-state index in [2.05, 4.69) is 15.4 Å². The predicted molar refractivity (Wildman–Crippen MR) is 96.1 cm³/mol. The van der Waals surface area contributed by atoms with E-state index < -0.39 is 10.0 Å². The van der Waals surface area contributed by atoms with Gasteiger partial charge in [-0.05, 0) is 38.2 Å². The molecule has 0 radical (unpaired) electrons. The second-order valence-corrected chi connectivity index (χ2v) is 6.73. The van der Waals surface area contributed by atoms with Gasteiger partial charge in [-0.1, -0.05) is 6.92 Å². The van der Waals surface area contributed by atoms with Gasteiger partial charge < -0.3 is 15.4 Å². The molecule has 0 aliphatic rings. The number of amides is 1. The van der Waals surface area contributed by atoms with E-state index in [0.29, 0.717) is 30.7 Å². The molecular weight excluding hydrogens is 354 g/mol. The number of nitrogens with one attached hydrogen (secondary N) is 3. The summed E-state index contributed by atoms with van der Waals surface area (Å²) in [4.78, 5) is 11.5. The van der Waals surface area contributed by atoms with E-state index in [4.69, 9.17) is 4.74 Å². The van der Waals surface area contributed by atoms with Crippen LogP contribution in [0.4, 0.5) is 0 Å². The number of sulfonamides is 1. The molecule has 0 saturated carbocycles. The smallest absolute Gasteiger partial charge is 0.240 e. The van der Waals surface area contributed by atoms with Crippen molar-refractivity contribution in [2.45, 2.75) is 31.2 Å². The van der Waals surface area contributed by atoms with Crippen LogP contribution in [0.2, 0.25) is 0 Å². The molecule has 3 N–H and O–H groups in total. The van der Waals surface area contributed by atoms with Crippen LogP contribution in [0, 0.1) is 0 Å². The summed E-state index contributed by atoms with van der Waals surface area (Å²) < 4.78 is 32.3. The van der Waals surface area contributed by atoms with E-state index in [9.17, 15) is 13.2 Å². The number of carbonyl (C=O) groups is 1. The lowest BCUT2D eigenvalue weighted by Gasteiger charge is -2.12. The van der Waals surface area contributed by atoms with Gasteiger partial charge in [0.25, 0.3) is 0 Å². The number of methoxy groups -OCH3 is 1. The third kappa shape index (κ3) is 7.04. The van der Waals surface area contributed by atoms with Crippen LogP contribution >= 0.6 is 12.4 Å². The summed E-state index contributed by atoms with van der Waals surface area (Å²) in [6.45, 7) is 3.07. The lowest BCUT2D eigenvalue weighted by Crippen LogP contribution is -2.27. The standard InChI is InChI=1S/C15H25N3O4S.ClH/c1-4-15(19)17-11-12-10-13(6-7-14(12)22-3)23(20,21)18-9-5-8-16-2;/h6-7,10,16,18H,4-5,8-9,11H2,1-3H3,(H,17,19);1H. The Hall–Kier alpha value is -1.35. The molecule has 0 aromatic heterocycles. The average molecular weight is 380 g/mol. The maximum atomic E-state index is 12.3. The van der Waals surface area contributed by atoms with E-state index in [0.717, 1.165) is 6.54 Å². The number of halogens is 1. The van der Waals surface area contributed by atoms with Gasteiger partial charge in [0.1, 0.15) is 5.75 Å². The monoisotopic (exact) mass is 379 g/mol. The molecule has 0 heterocycles. The largest absolute Gasteiger partial charge is 0.496 e. The average Bonchev–Trinajstić information content (AvgIpc) is 2.56. The highest BCUT2D eigenvalue weighted by Gasteiger charge is 2.16. The first-order valence-electron chi connectivity index (χ1n) is 7.52. The van der Waals surface area contributed by atoms with Crippen molar-refractivity contribution < 1.29 is 17.9 Å². The number of hydrogen-bond donors (Lipinski definition) is 3. The third-order valence-corrected chi connectivity index (χ3v) is 4.71. The summed E-state index contributed by atoms with van der Waals surface area (Å²) in [5, 5.41) is 5.68. The minimum Gasteiger partial charge on any atom is -0.496 e. The normalized spacial score (nSPS) is 10.8. The van der Waals surface area contributed by atoms with Gasteiger partial charge in [0.05, 0.1) is 12.0 Å². The van der Waals surface area contributed by atoms with Gasteiger partial charge >= 0.3 is 0 Å². The summed E-state index contributed by atoms with van der Waals surface area (Å²) in [5.74, 6) is 0.432. The number of rotatable bonds is 10. The first-order valence-corrected chi connectivity index (χ1v) is 9.00. The number of carbonyl (C=O) groups excluding carboxylic acids is 1. The summed E-state index contributed by atoms with van der Waals surface area (Å²) in [5.41, 5.74) is 0.618. The second-order valence-electron chi connectivity index (χ2n) is 4.96. The maximum absolute atomic E-state index is 12.3. The first-order chi connectivity index (χ1) is 10.9. The number of ether oxygens (including phenoxy) is 1. The lowest BCUT2D eigenvalue weighted by molar-refractivity contribution is -0.120. The summed E-state index contributed by atoms with van der Waals surface area (Å²) >= 11 is 0.